The van der Waals surface area contributed by atoms with Crippen LogP contribution >= 0.6 is 0 Å². The first-order valence-electron chi connectivity index (χ1n) is 7.59. The van der Waals surface area contributed by atoms with Crippen LogP contribution in [0, 0.1) is 6.92 Å². The topological polar surface area (TPSA) is 55.4 Å². The van der Waals surface area contributed by atoms with E-state index in [0.29, 0.717) is 12.0 Å². The largest absolute Gasteiger partial charge is 0.467 e. The van der Waals surface area contributed by atoms with Gasteiger partial charge in [0.2, 0.25) is 0 Å². The Labute approximate surface area is 135 Å². The number of amides is 1. The molecule has 4 nitrogen and oxygen atoms in total. The van der Waals surface area contributed by atoms with E-state index in [-0.39, 0.29) is 11.8 Å². The lowest BCUT2D eigenvalue weighted by Crippen LogP contribution is -2.45. The smallest absolute Gasteiger partial charge is 0.332 e. The second-order valence-corrected chi connectivity index (χ2v) is 5.95. The van der Waals surface area contributed by atoms with Crippen LogP contribution in [0.25, 0.3) is 0 Å². The molecule has 0 unspecified atom stereocenters. The van der Waals surface area contributed by atoms with Crippen LogP contribution in [-0.4, -0.2) is 24.5 Å². The van der Waals surface area contributed by atoms with E-state index in [9.17, 15) is 9.59 Å². The fraction of sp³-hybridized carbons (Fsp3) is 0.263. The van der Waals surface area contributed by atoms with Crippen molar-refractivity contribution in [3.63, 3.8) is 0 Å². The summed E-state index contributed by atoms with van der Waals surface area (Å²) in [4.78, 5) is 24.7. The Morgan fingerprint density at radius 1 is 1.09 bits per heavy atom. The Balaban J connectivity index is 1.84. The van der Waals surface area contributed by atoms with Crippen molar-refractivity contribution in [2.45, 2.75) is 24.8 Å². The number of carbonyl (C=O) groups is 2. The predicted molar refractivity (Wildman–Crippen MR) is 87.2 cm³/mol. The van der Waals surface area contributed by atoms with E-state index in [1.165, 1.54) is 7.11 Å². The molecule has 0 radical (unpaired) electrons. The zero-order chi connectivity index (χ0) is 16.4. The van der Waals surface area contributed by atoms with Gasteiger partial charge in [0.1, 0.15) is 5.54 Å². The summed E-state index contributed by atoms with van der Waals surface area (Å²) in [6.45, 7) is 2.02. The molecule has 3 rings (SSSR count). The second-order valence-electron chi connectivity index (χ2n) is 5.95. The van der Waals surface area contributed by atoms with Crippen LogP contribution in [-0.2, 0) is 9.53 Å². The summed E-state index contributed by atoms with van der Waals surface area (Å²) in [6.07, 6.45) is 0.557. The maximum Gasteiger partial charge on any atom is 0.332 e. The quantitative estimate of drug-likeness (QED) is 0.884. The highest BCUT2D eigenvalue weighted by Gasteiger charge is 2.62. The molecule has 0 aromatic heterocycles. The molecule has 4 heteroatoms. The third-order valence-corrected chi connectivity index (χ3v) is 4.36. The zero-order valence-electron chi connectivity index (χ0n) is 13.2. The molecule has 0 saturated heterocycles. The summed E-state index contributed by atoms with van der Waals surface area (Å²) in [6, 6.07) is 16.9. The van der Waals surface area contributed by atoms with Crippen molar-refractivity contribution < 1.29 is 14.3 Å². The molecule has 1 saturated carbocycles. The third-order valence-electron chi connectivity index (χ3n) is 4.36. The van der Waals surface area contributed by atoms with Gasteiger partial charge in [-0.25, -0.2) is 4.79 Å². The lowest BCUT2D eigenvalue weighted by atomic mass is 10.0. The highest BCUT2D eigenvalue weighted by molar-refractivity contribution is 6.00. The molecule has 2 aromatic carbocycles. The summed E-state index contributed by atoms with van der Waals surface area (Å²) in [7, 11) is 1.35. The van der Waals surface area contributed by atoms with Crippen LogP contribution in [0.2, 0.25) is 0 Å². The van der Waals surface area contributed by atoms with Crippen molar-refractivity contribution >= 4 is 11.9 Å². The molecular formula is C19H19NO3. The van der Waals surface area contributed by atoms with E-state index >= 15 is 0 Å². The molecule has 1 aliphatic rings. The number of carbonyl (C=O) groups excluding carboxylic acids is 2. The van der Waals surface area contributed by atoms with Crippen molar-refractivity contribution in [1.82, 2.24) is 5.32 Å². The highest BCUT2D eigenvalue weighted by atomic mass is 16.5. The highest BCUT2D eigenvalue weighted by Crippen LogP contribution is 2.52. The molecule has 0 heterocycles. The number of rotatable bonds is 4. The third kappa shape index (κ3) is 2.84. The minimum absolute atomic E-state index is 0.0526. The summed E-state index contributed by atoms with van der Waals surface area (Å²) in [5, 5.41) is 2.88. The van der Waals surface area contributed by atoms with E-state index in [4.69, 9.17) is 4.74 Å². The number of esters is 1. The summed E-state index contributed by atoms with van der Waals surface area (Å²) < 4.78 is 4.94. The Kier molecular flexibility index (Phi) is 3.90. The molecule has 1 fully saturated rings. The molecule has 2 atom stereocenters. The number of hydrogen-bond donors (Lipinski definition) is 1. The monoisotopic (exact) mass is 309 g/mol. The minimum Gasteiger partial charge on any atom is -0.467 e. The van der Waals surface area contributed by atoms with Gasteiger partial charge in [0.25, 0.3) is 5.91 Å². The second kappa shape index (κ2) is 5.88. The average molecular weight is 309 g/mol. The van der Waals surface area contributed by atoms with E-state index in [1.54, 1.807) is 24.3 Å². The number of benzene rings is 2. The Bertz CT molecular complexity index is 724. The van der Waals surface area contributed by atoms with Gasteiger partial charge in [0, 0.05) is 11.5 Å². The lowest BCUT2D eigenvalue weighted by Gasteiger charge is -2.17. The van der Waals surface area contributed by atoms with Crippen LogP contribution in [0.5, 0.6) is 0 Å². The molecule has 118 valence electrons. The number of nitrogens with one attached hydrogen (secondary N) is 1. The first-order valence-corrected chi connectivity index (χ1v) is 7.59. The maximum atomic E-state index is 12.4. The summed E-state index contributed by atoms with van der Waals surface area (Å²) >= 11 is 0. The molecule has 2 aromatic rings. The summed E-state index contributed by atoms with van der Waals surface area (Å²) in [5.41, 5.74) is 1.77. The van der Waals surface area contributed by atoms with Gasteiger partial charge in [0.05, 0.1) is 7.11 Å². The van der Waals surface area contributed by atoms with E-state index in [2.05, 4.69) is 5.32 Å². The molecule has 1 N–H and O–H groups in total. The van der Waals surface area contributed by atoms with Crippen molar-refractivity contribution in [2.24, 2.45) is 0 Å². The average Bonchev–Trinajstić information content (AvgIpc) is 3.31. The van der Waals surface area contributed by atoms with E-state index < -0.39 is 11.5 Å². The van der Waals surface area contributed by atoms with Crippen molar-refractivity contribution in [3.05, 3.63) is 71.3 Å². The normalized spacial score (nSPS) is 22.3. The SMILES string of the molecule is COC(=O)[C@]1(NC(=O)c2ccccc2)C[C@H]1c1ccc(C)cc1. The van der Waals surface area contributed by atoms with Crippen LogP contribution < -0.4 is 5.32 Å². The molecular weight excluding hydrogens is 290 g/mol. The van der Waals surface area contributed by atoms with Gasteiger partial charge < -0.3 is 10.1 Å². The molecule has 0 aliphatic heterocycles. The van der Waals surface area contributed by atoms with Gasteiger partial charge >= 0.3 is 5.97 Å². The van der Waals surface area contributed by atoms with Crippen LogP contribution in [0.1, 0.15) is 33.8 Å². The van der Waals surface area contributed by atoms with Gasteiger partial charge in [-0.3, -0.25) is 4.79 Å². The maximum absolute atomic E-state index is 12.4. The lowest BCUT2D eigenvalue weighted by molar-refractivity contribution is -0.144. The standard InChI is InChI=1S/C19H19NO3/c1-13-8-10-14(11-9-13)16-12-19(16,18(22)23-2)20-17(21)15-6-4-3-5-7-15/h3-11,16H,12H2,1-2H3,(H,20,21)/t16-,19-/m0/s1. The molecule has 0 bridgehead atoms. The summed E-state index contributed by atoms with van der Waals surface area (Å²) in [5.74, 6) is -0.707. The van der Waals surface area contributed by atoms with Gasteiger partial charge in [-0.15, -0.1) is 0 Å². The molecule has 0 spiro atoms. The Morgan fingerprint density at radius 2 is 1.74 bits per heavy atom. The van der Waals surface area contributed by atoms with Gasteiger partial charge in [-0.05, 0) is 31.0 Å². The molecule has 23 heavy (non-hydrogen) atoms. The zero-order valence-corrected chi connectivity index (χ0v) is 13.2. The fourth-order valence-corrected chi connectivity index (χ4v) is 2.93. The van der Waals surface area contributed by atoms with E-state index in [1.807, 2.05) is 37.3 Å². The fourth-order valence-electron chi connectivity index (χ4n) is 2.93. The molecule has 1 aliphatic carbocycles. The van der Waals surface area contributed by atoms with Crippen molar-refractivity contribution in [1.29, 1.82) is 0 Å². The predicted octanol–water partition coefficient (Wildman–Crippen LogP) is 2.82. The van der Waals surface area contributed by atoms with Crippen molar-refractivity contribution in [3.8, 4) is 0 Å². The van der Waals surface area contributed by atoms with Crippen LogP contribution in [0.3, 0.4) is 0 Å². The van der Waals surface area contributed by atoms with Crippen LogP contribution in [0.15, 0.2) is 54.6 Å². The first kappa shape index (κ1) is 15.3. The number of ether oxygens (including phenoxy) is 1. The van der Waals surface area contributed by atoms with Gasteiger partial charge in [-0.1, -0.05) is 48.0 Å². The minimum atomic E-state index is -0.961. The van der Waals surface area contributed by atoms with Gasteiger partial charge in [-0.2, -0.15) is 0 Å². The van der Waals surface area contributed by atoms with Gasteiger partial charge in [0.15, 0.2) is 0 Å². The van der Waals surface area contributed by atoms with Crippen LogP contribution in [0.4, 0.5) is 0 Å². The Hall–Kier alpha value is -2.62. The Morgan fingerprint density at radius 3 is 2.35 bits per heavy atom. The van der Waals surface area contributed by atoms with E-state index in [0.717, 1.165) is 11.1 Å². The first-order chi connectivity index (χ1) is 11.1. The molecule has 1 amide bonds. The number of methoxy groups -OCH3 is 1. The number of hydrogen-bond acceptors (Lipinski definition) is 3. The number of aryl methyl sites for hydroxylation is 1. The van der Waals surface area contributed by atoms with Crippen molar-refractivity contribution in [2.75, 3.05) is 7.11 Å².